The Hall–Kier alpha value is -0.860. The van der Waals surface area contributed by atoms with E-state index in [1.54, 1.807) is 0 Å². The Balaban J connectivity index is 2.13. The maximum atomic E-state index is 3.31. The summed E-state index contributed by atoms with van der Waals surface area (Å²) < 4.78 is 0. The lowest BCUT2D eigenvalue weighted by Crippen LogP contribution is -2.42. The Bertz CT molecular complexity index is 407. The van der Waals surface area contributed by atoms with Crippen LogP contribution in [0.3, 0.4) is 0 Å². The zero-order valence-corrected chi connectivity index (χ0v) is 13.6. The Kier molecular flexibility index (Phi) is 5.62. The topological polar surface area (TPSA) is 15.3 Å². The highest BCUT2D eigenvalue weighted by molar-refractivity contribution is 5.30. The number of aryl methyl sites for hydroxylation is 2. The molecule has 1 N–H and O–H groups in total. The molecule has 1 aliphatic heterocycles. The molecule has 2 heteroatoms. The van der Waals surface area contributed by atoms with Gasteiger partial charge in [-0.15, -0.1) is 0 Å². The lowest BCUT2D eigenvalue weighted by molar-refractivity contribution is 0.0971. The highest BCUT2D eigenvalue weighted by Gasteiger charge is 2.26. The molecule has 1 aromatic rings. The summed E-state index contributed by atoms with van der Waals surface area (Å²) in [6, 6.07) is 8.27. The van der Waals surface area contributed by atoms with E-state index < -0.39 is 0 Å². The molecule has 0 amide bonds. The van der Waals surface area contributed by atoms with Crippen LogP contribution in [0.4, 0.5) is 0 Å². The number of likely N-dealkylation sites (tertiary alicyclic amines) is 1. The summed E-state index contributed by atoms with van der Waals surface area (Å²) in [5.41, 5.74) is 4.25. The largest absolute Gasteiger partial charge is 0.320 e. The second kappa shape index (κ2) is 7.24. The summed E-state index contributed by atoms with van der Waals surface area (Å²) in [6.07, 6.45) is 5.37. The molecule has 1 saturated heterocycles. The van der Waals surface area contributed by atoms with Gasteiger partial charge in [-0.2, -0.15) is 0 Å². The van der Waals surface area contributed by atoms with Gasteiger partial charge >= 0.3 is 0 Å². The molecule has 112 valence electrons. The van der Waals surface area contributed by atoms with Gasteiger partial charge in [-0.3, -0.25) is 4.90 Å². The Morgan fingerprint density at radius 2 is 1.90 bits per heavy atom. The fourth-order valence-electron chi connectivity index (χ4n) is 3.60. The summed E-state index contributed by atoms with van der Waals surface area (Å²) in [7, 11) is 2.06. The molecule has 2 atom stereocenters. The van der Waals surface area contributed by atoms with Gasteiger partial charge in [-0.1, -0.05) is 35.7 Å². The van der Waals surface area contributed by atoms with Crippen molar-refractivity contribution < 1.29 is 0 Å². The van der Waals surface area contributed by atoms with Gasteiger partial charge in [0.1, 0.15) is 0 Å². The van der Waals surface area contributed by atoms with Crippen molar-refractivity contribution in [2.75, 3.05) is 20.1 Å². The Morgan fingerprint density at radius 1 is 1.20 bits per heavy atom. The molecule has 0 aliphatic carbocycles. The molecule has 0 radical (unpaired) electrons. The molecular weight excluding hydrogens is 244 g/mol. The Labute approximate surface area is 124 Å². The van der Waals surface area contributed by atoms with Crippen molar-refractivity contribution >= 4 is 0 Å². The van der Waals surface area contributed by atoms with Crippen LogP contribution in [0, 0.1) is 13.8 Å². The van der Waals surface area contributed by atoms with Crippen molar-refractivity contribution in [3.05, 3.63) is 34.9 Å². The fraction of sp³-hybridized carbons (Fsp3) is 0.667. The standard InChI is InChI=1S/C18H30N2/c1-14-11-15(2)13-17(12-14)16(3)20-10-6-5-7-18(20)8-9-19-4/h11-13,16,18-19H,5-10H2,1-4H3. The van der Waals surface area contributed by atoms with E-state index in [2.05, 4.69) is 56.2 Å². The van der Waals surface area contributed by atoms with Crippen LogP contribution >= 0.6 is 0 Å². The van der Waals surface area contributed by atoms with Crippen molar-refractivity contribution in [3.8, 4) is 0 Å². The van der Waals surface area contributed by atoms with Gasteiger partial charge in [0.2, 0.25) is 0 Å². The third-order valence-corrected chi connectivity index (χ3v) is 4.62. The first-order chi connectivity index (χ1) is 9.61. The fourth-order valence-corrected chi connectivity index (χ4v) is 3.60. The summed E-state index contributed by atoms with van der Waals surface area (Å²) in [6.45, 7) is 9.17. The normalized spacial score (nSPS) is 21.9. The number of nitrogens with zero attached hydrogens (tertiary/aromatic N) is 1. The van der Waals surface area contributed by atoms with Crippen LogP contribution in [0.5, 0.6) is 0 Å². The molecule has 1 aliphatic rings. The van der Waals surface area contributed by atoms with E-state index in [0.29, 0.717) is 6.04 Å². The molecule has 0 bridgehead atoms. The van der Waals surface area contributed by atoms with Crippen molar-refractivity contribution in [2.24, 2.45) is 0 Å². The van der Waals surface area contributed by atoms with Crippen LogP contribution in [0.15, 0.2) is 18.2 Å². The number of nitrogens with one attached hydrogen (secondary N) is 1. The predicted molar refractivity (Wildman–Crippen MR) is 87.2 cm³/mol. The van der Waals surface area contributed by atoms with Crippen LogP contribution in [-0.2, 0) is 0 Å². The highest BCUT2D eigenvalue weighted by atomic mass is 15.2. The van der Waals surface area contributed by atoms with Crippen LogP contribution < -0.4 is 5.32 Å². The number of hydrogen-bond donors (Lipinski definition) is 1. The van der Waals surface area contributed by atoms with Gasteiger partial charge in [-0.25, -0.2) is 0 Å². The SMILES string of the molecule is CNCCC1CCCCN1C(C)c1cc(C)cc(C)c1. The van der Waals surface area contributed by atoms with E-state index in [1.165, 1.54) is 48.9 Å². The van der Waals surface area contributed by atoms with Gasteiger partial charge in [0.25, 0.3) is 0 Å². The molecule has 20 heavy (non-hydrogen) atoms. The minimum atomic E-state index is 0.538. The van der Waals surface area contributed by atoms with E-state index in [1.807, 2.05) is 0 Å². The molecule has 0 aromatic heterocycles. The van der Waals surface area contributed by atoms with Crippen LogP contribution in [0.2, 0.25) is 0 Å². The summed E-state index contributed by atoms with van der Waals surface area (Å²) in [4.78, 5) is 2.73. The second-order valence-corrected chi connectivity index (χ2v) is 6.38. The van der Waals surface area contributed by atoms with Gasteiger partial charge in [-0.05, 0) is 65.7 Å². The highest BCUT2D eigenvalue weighted by Crippen LogP contribution is 2.30. The summed E-state index contributed by atoms with van der Waals surface area (Å²) in [5, 5.41) is 3.31. The number of rotatable bonds is 5. The minimum absolute atomic E-state index is 0.538. The first kappa shape index (κ1) is 15.5. The zero-order chi connectivity index (χ0) is 14.5. The van der Waals surface area contributed by atoms with Crippen molar-refractivity contribution in [3.63, 3.8) is 0 Å². The van der Waals surface area contributed by atoms with Gasteiger partial charge in [0.15, 0.2) is 0 Å². The average Bonchev–Trinajstić information content (AvgIpc) is 2.43. The first-order valence-corrected chi connectivity index (χ1v) is 8.10. The van der Waals surface area contributed by atoms with Gasteiger partial charge in [0.05, 0.1) is 0 Å². The average molecular weight is 274 g/mol. The zero-order valence-electron chi connectivity index (χ0n) is 13.6. The minimum Gasteiger partial charge on any atom is -0.320 e. The molecule has 1 fully saturated rings. The lowest BCUT2D eigenvalue weighted by Gasteiger charge is -2.40. The number of piperidine rings is 1. The van der Waals surface area contributed by atoms with Crippen LogP contribution in [0.1, 0.15) is 55.3 Å². The molecule has 1 aromatic carbocycles. The molecule has 2 unspecified atom stereocenters. The molecule has 0 spiro atoms. The van der Waals surface area contributed by atoms with E-state index in [0.717, 1.165) is 12.6 Å². The third-order valence-electron chi connectivity index (χ3n) is 4.62. The molecule has 2 rings (SSSR count). The smallest absolute Gasteiger partial charge is 0.0323 e. The first-order valence-electron chi connectivity index (χ1n) is 8.10. The van der Waals surface area contributed by atoms with Crippen LogP contribution in [0.25, 0.3) is 0 Å². The quantitative estimate of drug-likeness (QED) is 0.878. The van der Waals surface area contributed by atoms with E-state index in [9.17, 15) is 0 Å². The van der Waals surface area contributed by atoms with Crippen molar-refractivity contribution in [2.45, 2.75) is 58.5 Å². The van der Waals surface area contributed by atoms with Gasteiger partial charge < -0.3 is 5.32 Å². The lowest BCUT2D eigenvalue weighted by atomic mass is 9.94. The number of benzene rings is 1. The molecule has 2 nitrogen and oxygen atoms in total. The monoisotopic (exact) mass is 274 g/mol. The van der Waals surface area contributed by atoms with E-state index >= 15 is 0 Å². The molecule has 1 heterocycles. The number of hydrogen-bond acceptors (Lipinski definition) is 2. The molecule has 0 saturated carbocycles. The third kappa shape index (κ3) is 3.83. The summed E-state index contributed by atoms with van der Waals surface area (Å²) in [5.74, 6) is 0. The van der Waals surface area contributed by atoms with Crippen LogP contribution in [-0.4, -0.2) is 31.1 Å². The van der Waals surface area contributed by atoms with E-state index in [4.69, 9.17) is 0 Å². The maximum Gasteiger partial charge on any atom is 0.0323 e. The van der Waals surface area contributed by atoms with Gasteiger partial charge in [0, 0.05) is 12.1 Å². The van der Waals surface area contributed by atoms with Crippen molar-refractivity contribution in [1.82, 2.24) is 10.2 Å². The summed E-state index contributed by atoms with van der Waals surface area (Å²) >= 11 is 0. The predicted octanol–water partition coefficient (Wildman–Crippen LogP) is 3.83. The Morgan fingerprint density at radius 3 is 2.55 bits per heavy atom. The van der Waals surface area contributed by atoms with E-state index in [-0.39, 0.29) is 0 Å². The maximum absolute atomic E-state index is 3.31. The second-order valence-electron chi connectivity index (χ2n) is 6.38. The molecular formula is C18H30N2. The van der Waals surface area contributed by atoms with Crippen molar-refractivity contribution in [1.29, 1.82) is 0 Å².